The van der Waals surface area contributed by atoms with E-state index in [2.05, 4.69) is 4.57 Å². The van der Waals surface area contributed by atoms with E-state index in [1.165, 1.54) is 10.6 Å². The summed E-state index contributed by atoms with van der Waals surface area (Å²) < 4.78 is 41.7. The monoisotopic (exact) mass is 562 g/mol. The van der Waals surface area contributed by atoms with E-state index in [0.29, 0.717) is 47.0 Å². The molecule has 0 spiro atoms. The average molecular weight is 563 g/mol. The van der Waals surface area contributed by atoms with Gasteiger partial charge in [-0.25, -0.2) is 13.2 Å². The zero-order valence-corrected chi connectivity index (χ0v) is 24.4. The Morgan fingerprint density at radius 1 is 1.21 bits per heavy atom. The molecule has 0 aliphatic carbocycles. The first-order valence-corrected chi connectivity index (χ1v) is 14.7. The average Bonchev–Trinajstić information content (AvgIpc) is 3.13. The van der Waals surface area contributed by atoms with Crippen LogP contribution in [-0.4, -0.2) is 55.7 Å². The second kappa shape index (κ2) is 10.2. The number of aryl methyl sites for hydroxylation is 1. The van der Waals surface area contributed by atoms with Gasteiger partial charge < -0.3 is 19.1 Å². The van der Waals surface area contributed by atoms with Gasteiger partial charge in [0.05, 0.1) is 29.1 Å². The SMILES string of the molecule is COCC[C@H]1Cn2c(C)cc3c(-c4ccc(Cl)cc4)c([C@H](OC(C)(C)C)C(=O)O)c(C)c(c32)N1S(C)(=O)=O. The molecule has 0 saturated heterocycles. The van der Waals surface area contributed by atoms with Crippen molar-refractivity contribution in [2.45, 2.75) is 65.3 Å². The summed E-state index contributed by atoms with van der Waals surface area (Å²) in [5.74, 6) is -1.15. The van der Waals surface area contributed by atoms with Crippen molar-refractivity contribution in [3.63, 3.8) is 0 Å². The molecule has 1 aromatic heterocycles. The van der Waals surface area contributed by atoms with Crippen LogP contribution in [0.4, 0.5) is 5.69 Å². The lowest BCUT2D eigenvalue weighted by atomic mass is 9.87. The van der Waals surface area contributed by atoms with Gasteiger partial charge in [0.1, 0.15) is 0 Å². The predicted molar refractivity (Wildman–Crippen MR) is 151 cm³/mol. The van der Waals surface area contributed by atoms with Crippen molar-refractivity contribution in [2.24, 2.45) is 0 Å². The van der Waals surface area contributed by atoms with Gasteiger partial charge in [-0.05, 0) is 75.9 Å². The van der Waals surface area contributed by atoms with Crippen LogP contribution < -0.4 is 4.31 Å². The van der Waals surface area contributed by atoms with Crippen LogP contribution in [0.1, 0.15) is 50.1 Å². The van der Waals surface area contributed by atoms with E-state index in [-0.39, 0.29) is 0 Å². The fraction of sp³-hybridized carbons (Fsp3) is 0.464. The Balaban J connectivity index is 2.19. The molecule has 0 bridgehead atoms. The number of nitrogens with zero attached hydrogens (tertiary/aromatic N) is 2. The fourth-order valence-electron chi connectivity index (χ4n) is 5.47. The number of hydrogen-bond acceptors (Lipinski definition) is 5. The van der Waals surface area contributed by atoms with Crippen LogP contribution in [0, 0.1) is 13.8 Å². The third-order valence-corrected chi connectivity index (χ3v) is 8.32. The molecule has 1 N–H and O–H groups in total. The van der Waals surface area contributed by atoms with Gasteiger partial charge in [-0.15, -0.1) is 0 Å². The minimum absolute atomic E-state index is 0.384. The Kier molecular flexibility index (Phi) is 7.62. The van der Waals surface area contributed by atoms with E-state index in [1.807, 2.05) is 25.1 Å². The van der Waals surface area contributed by atoms with Gasteiger partial charge in [-0.3, -0.25) is 4.31 Å². The normalized spacial score (nSPS) is 16.7. The smallest absolute Gasteiger partial charge is 0.337 e. The number of carboxylic acid groups (broad SMARTS) is 1. The summed E-state index contributed by atoms with van der Waals surface area (Å²) in [5, 5.41) is 11.8. The fourth-order valence-corrected chi connectivity index (χ4v) is 6.87. The van der Waals surface area contributed by atoms with Gasteiger partial charge in [0.15, 0.2) is 6.10 Å². The number of halogens is 1. The first-order valence-electron chi connectivity index (χ1n) is 12.5. The molecule has 2 aromatic carbocycles. The zero-order chi connectivity index (χ0) is 28.2. The largest absolute Gasteiger partial charge is 0.479 e. The second-order valence-electron chi connectivity index (χ2n) is 10.9. The number of sulfonamides is 1. The third-order valence-electron chi connectivity index (χ3n) is 6.87. The van der Waals surface area contributed by atoms with Crippen LogP contribution in [0.25, 0.3) is 22.0 Å². The van der Waals surface area contributed by atoms with Crippen molar-refractivity contribution in [1.29, 1.82) is 0 Å². The quantitative estimate of drug-likeness (QED) is 0.378. The Morgan fingerprint density at radius 2 is 1.84 bits per heavy atom. The van der Waals surface area contributed by atoms with Crippen LogP contribution in [-0.2, 0) is 30.8 Å². The molecule has 4 rings (SSSR count). The van der Waals surface area contributed by atoms with Crippen molar-refractivity contribution in [3.05, 3.63) is 52.2 Å². The van der Waals surface area contributed by atoms with Gasteiger partial charge in [0.25, 0.3) is 0 Å². The molecule has 38 heavy (non-hydrogen) atoms. The number of anilines is 1. The highest BCUT2D eigenvalue weighted by molar-refractivity contribution is 7.92. The van der Waals surface area contributed by atoms with Gasteiger partial charge in [0.2, 0.25) is 10.0 Å². The Labute approximate surface area is 229 Å². The maximum absolute atomic E-state index is 13.3. The molecule has 1 aliphatic rings. The second-order valence-corrected chi connectivity index (χ2v) is 13.2. The van der Waals surface area contributed by atoms with E-state index >= 15 is 0 Å². The molecule has 10 heteroatoms. The number of benzene rings is 2. The number of ether oxygens (including phenoxy) is 2. The third kappa shape index (κ3) is 5.17. The van der Waals surface area contributed by atoms with E-state index < -0.39 is 33.7 Å². The molecular formula is C28H35ClN2O6S. The number of aromatic nitrogens is 1. The van der Waals surface area contributed by atoms with Crippen molar-refractivity contribution >= 4 is 44.2 Å². The Bertz CT molecular complexity index is 1490. The number of carbonyl (C=O) groups is 1. The van der Waals surface area contributed by atoms with Gasteiger partial charge >= 0.3 is 5.97 Å². The van der Waals surface area contributed by atoms with Gasteiger partial charge in [-0.2, -0.15) is 0 Å². The minimum atomic E-state index is -3.73. The maximum Gasteiger partial charge on any atom is 0.337 e. The molecule has 0 saturated carbocycles. The standard InChI is InChI=1S/C28H35ClN2O6S/c1-16-14-21-23(18-8-10-19(29)11-9-18)22(26(27(32)33)37-28(3,4)5)17(2)24-25(21)30(16)15-20(12-13-36-6)31(24)38(7,34)35/h8-11,14,20,26H,12-13,15H2,1-7H3,(H,32,33)/t20-,26-/m0/s1. The summed E-state index contributed by atoms with van der Waals surface area (Å²) in [4.78, 5) is 12.8. The van der Waals surface area contributed by atoms with Crippen LogP contribution in [0.15, 0.2) is 30.3 Å². The van der Waals surface area contributed by atoms with Crippen LogP contribution >= 0.6 is 11.6 Å². The first-order chi connectivity index (χ1) is 17.7. The molecule has 8 nitrogen and oxygen atoms in total. The van der Waals surface area contributed by atoms with Crippen LogP contribution in [0.2, 0.25) is 5.02 Å². The number of rotatable bonds is 8. The molecular weight excluding hydrogens is 528 g/mol. The highest BCUT2D eigenvalue weighted by atomic mass is 35.5. The maximum atomic E-state index is 13.3. The highest BCUT2D eigenvalue weighted by Gasteiger charge is 2.40. The highest BCUT2D eigenvalue weighted by Crippen LogP contribution is 2.49. The molecule has 0 fully saturated rings. The Morgan fingerprint density at radius 3 is 2.37 bits per heavy atom. The van der Waals surface area contributed by atoms with E-state index in [4.69, 9.17) is 21.1 Å². The lowest BCUT2D eigenvalue weighted by Gasteiger charge is -2.39. The molecule has 2 atom stereocenters. The van der Waals surface area contributed by atoms with Crippen molar-refractivity contribution in [1.82, 2.24) is 4.57 Å². The number of hydrogen-bond donors (Lipinski definition) is 1. The molecule has 0 radical (unpaired) electrons. The first kappa shape index (κ1) is 28.4. The molecule has 0 unspecified atom stereocenters. The summed E-state index contributed by atoms with van der Waals surface area (Å²) in [6, 6.07) is 8.82. The summed E-state index contributed by atoms with van der Waals surface area (Å²) in [7, 11) is -2.14. The Hall–Kier alpha value is -2.59. The summed E-state index contributed by atoms with van der Waals surface area (Å²) in [6.45, 7) is 10.0. The molecule has 0 amide bonds. The van der Waals surface area contributed by atoms with Crippen LogP contribution in [0.3, 0.4) is 0 Å². The topological polar surface area (TPSA) is 98.1 Å². The van der Waals surface area contributed by atoms with E-state index in [9.17, 15) is 18.3 Å². The minimum Gasteiger partial charge on any atom is -0.479 e. The van der Waals surface area contributed by atoms with Crippen molar-refractivity contribution < 1.29 is 27.8 Å². The lowest BCUT2D eigenvalue weighted by Crippen LogP contribution is -2.46. The van der Waals surface area contributed by atoms with E-state index in [1.54, 1.807) is 46.9 Å². The summed E-state index contributed by atoms with van der Waals surface area (Å²) in [6.07, 6.45) is 0.332. The zero-order valence-electron chi connectivity index (χ0n) is 22.8. The molecule has 3 aromatic rings. The van der Waals surface area contributed by atoms with Crippen molar-refractivity contribution in [3.8, 4) is 11.1 Å². The molecule has 206 valence electrons. The number of aliphatic carboxylic acids is 1. The predicted octanol–water partition coefficient (Wildman–Crippen LogP) is 5.70. The van der Waals surface area contributed by atoms with Gasteiger partial charge in [-0.1, -0.05) is 23.7 Å². The lowest BCUT2D eigenvalue weighted by molar-refractivity contribution is -0.160. The van der Waals surface area contributed by atoms with Crippen molar-refractivity contribution in [2.75, 3.05) is 24.3 Å². The summed E-state index contributed by atoms with van der Waals surface area (Å²) >= 11 is 6.20. The molecule has 1 aliphatic heterocycles. The van der Waals surface area contributed by atoms with Gasteiger partial charge in [0, 0.05) is 41.9 Å². The summed E-state index contributed by atoms with van der Waals surface area (Å²) in [5.41, 5.74) is 3.85. The number of methoxy groups -OCH3 is 1. The van der Waals surface area contributed by atoms with Crippen LogP contribution in [0.5, 0.6) is 0 Å². The number of carboxylic acids is 1. The van der Waals surface area contributed by atoms with E-state index in [0.717, 1.165) is 22.2 Å². The molecule has 2 heterocycles.